The van der Waals surface area contributed by atoms with Crippen molar-refractivity contribution < 1.29 is 5.11 Å². The monoisotopic (exact) mass is 256 g/mol. The number of aryl methyl sites for hydroxylation is 2. The molecule has 0 saturated heterocycles. The van der Waals surface area contributed by atoms with Gasteiger partial charge < -0.3 is 10.4 Å². The van der Waals surface area contributed by atoms with Crippen LogP contribution in [0.25, 0.3) is 0 Å². The number of benzene rings is 1. The molecule has 0 bridgehead atoms. The van der Waals surface area contributed by atoms with Crippen molar-refractivity contribution in [2.24, 2.45) is 0 Å². The summed E-state index contributed by atoms with van der Waals surface area (Å²) >= 11 is 0. The van der Waals surface area contributed by atoms with Gasteiger partial charge in [-0.1, -0.05) is 18.2 Å². The zero-order valence-corrected chi connectivity index (χ0v) is 11.6. The molecule has 3 heteroatoms. The van der Waals surface area contributed by atoms with Crippen LogP contribution in [-0.4, -0.2) is 10.1 Å². The molecule has 0 aliphatic carbocycles. The van der Waals surface area contributed by atoms with E-state index in [4.69, 9.17) is 0 Å². The van der Waals surface area contributed by atoms with Crippen molar-refractivity contribution in [1.82, 2.24) is 10.3 Å². The molecule has 19 heavy (non-hydrogen) atoms. The third-order valence-electron chi connectivity index (χ3n) is 3.35. The maximum absolute atomic E-state index is 9.76. The van der Waals surface area contributed by atoms with Crippen LogP contribution in [0.4, 0.5) is 0 Å². The summed E-state index contributed by atoms with van der Waals surface area (Å²) < 4.78 is 0. The van der Waals surface area contributed by atoms with E-state index in [-0.39, 0.29) is 6.04 Å². The van der Waals surface area contributed by atoms with Gasteiger partial charge in [0.25, 0.3) is 0 Å². The van der Waals surface area contributed by atoms with Crippen LogP contribution in [0.1, 0.15) is 35.2 Å². The van der Waals surface area contributed by atoms with Crippen LogP contribution in [0.3, 0.4) is 0 Å². The number of rotatable bonds is 4. The zero-order chi connectivity index (χ0) is 13.8. The van der Waals surface area contributed by atoms with Gasteiger partial charge in [-0.05, 0) is 49.1 Å². The average Bonchev–Trinajstić information content (AvgIpc) is 2.43. The zero-order valence-electron chi connectivity index (χ0n) is 11.6. The van der Waals surface area contributed by atoms with Crippen molar-refractivity contribution in [3.63, 3.8) is 0 Å². The highest BCUT2D eigenvalue weighted by Crippen LogP contribution is 2.23. The van der Waals surface area contributed by atoms with Crippen molar-refractivity contribution in [3.8, 4) is 5.75 Å². The van der Waals surface area contributed by atoms with Crippen LogP contribution in [-0.2, 0) is 6.54 Å². The number of nitrogens with zero attached hydrogens (tertiary/aromatic N) is 1. The van der Waals surface area contributed by atoms with E-state index in [0.717, 1.165) is 17.7 Å². The van der Waals surface area contributed by atoms with Gasteiger partial charge in [-0.3, -0.25) is 4.98 Å². The average molecular weight is 256 g/mol. The Bertz CT molecular complexity index is 529. The summed E-state index contributed by atoms with van der Waals surface area (Å²) in [6.45, 7) is 6.75. The minimum Gasteiger partial charge on any atom is -0.507 e. The van der Waals surface area contributed by atoms with E-state index >= 15 is 0 Å². The van der Waals surface area contributed by atoms with Gasteiger partial charge in [-0.25, -0.2) is 0 Å². The lowest BCUT2D eigenvalue weighted by molar-refractivity contribution is 0.466. The molecular formula is C16H20N2O. The lowest BCUT2D eigenvalue weighted by atomic mass is 10.0. The van der Waals surface area contributed by atoms with Crippen LogP contribution in [0.2, 0.25) is 0 Å². The maximum atomic E-state index is 9.76. The first-order valence-corrected chi connectivity index (χ1v) is 6.50. The lowest BCUT2D eigenvalue weighted by Crippen LogP contribution is -2.18. The topological polar surface area (TPSA) is 45.2 Å². The van der Waals surface area contributed by atoms with Gasteiger partial charge in [0, 0.05) is 25.0 Å². The fourth-order valence-corrected chi connectivity index (χ4v) is 2.17. The van der Waals surface area contributed by atoms with E-state index < -0.39 is 0 Å². The van der Waals surface area contributed by atoms with E-state index in [1.165, 1.54) is 11.1 Å². The number of aromatic nitrogens is 1. The first-order chi connectivity index (χ1) is 9.08. The molecule has 0 radical (unpaired) electrons. The van der Waals surface area contributed by atoms with E-state index in [9.17, 15) is 5.11 Å². The summed E-state index contributed by atoms with van der Waals surface area (Å²) in [5.41, 5.74) is 4.20. The summed E-state index contributed by atoms with van der Waals surface area (Å²) in [6, 6.07) is 8.31. The highest BCUT2D eigenvalue weighted by molar-refractivity contribution is 5.42. The van der Waals surface area contributed by atoms with Crippen LogP contribution >= 0.6 is 0 Å². The van der Waals surface area contributed by atoms with Crippen LogP contribution in [0, 0.1) is 13.8 Å². The van der Waals surface area contributed by atoms with E-state index in [0.29, 0.717) is 5.75 Å². The normalized spacial score (nSPS) is 12.4. The minimum absolute atomic E-state index is 0.253. The van der Waals surface area contributed by atoms with Crippen molar-refractivity contribution in [3.05, 3.63) is 58.9 Å². The molecule has 1 aromatic carbocycles. The van der Waals surface area contributed by atoms with E-state index in [2.05, 4.69) is 23.3 Å². The van der Waals surface area contributed by atoms with Crippen molar-refractivity contribution in [2.45, 2.75) is 33.4 Å². The fraction of sp³-hybridized carbons (Fsp3) is 0.312. The van der Waals surface area contributed by atoms with Gasteiger partial charge in [0.2, 0.25) is 0 Å². The molecule has 3 nitrogen and oxygen atoms in total. The van der Waals surface area contributed by atoms with Crippen LogP contribution < -0.4 is 5.32 Å². The summed E-state index contributed by atoms with van der Waals surface area (Å²) in [5, 5.41) is 13.2. The van der Waals surface area contributed by atoms with Crippen LogP contribution in [0.15, 0.2) is 36.7 Å². The minimum atomic E-state index is 0.253. The van der Waals surface area contributed by atoms with Gasteiger partial charge >= 0.3 is 0 Å². The van der Waals surface area contributed by atoms with Crippen molar-refractivity contribution >= 4 is 0 Å². The Morgan fingerprint density at radius 1 is 1.26 bits per heavy atom. The summed E-state index contributed by atoms with van der Waals surface area (Å²) in [4.78, 5) is 4.13. The molecule has 0 saturated carbocycles. The molecule has 0 unspecified atom stereocenters. The summed E-state index contributed by atoms with van der Waals surface area (Å²) in [5.74, 6) is 0.393. The number of hydrogen-bond acceptors (Lipinski definition) is 3. The quantitative estimate of drug-likeness (QED) is 0.882. The molecule has 2 rings (SSSR count). The van der Waals surface area contributed by atoms with E-state index in [1.54, 1.807) is 6.20 Å². The van der Waals surface area contributed by atoms with Crippen molar-refractivity contribution in [2.75, 3.05) is 0 Å². The predicted molar refractivity (Wildman–Crippen MR) is 77.1 cm³/mol. The second-order valence-corrected chi connectivity index (χ2v) is 4.97. The van der Waals surface area contributed by atoms with Gasteiger partial charge in [-0.2, -0.15) is 0 Å². The molecule has 0 spiro atoms. The Kier molecular flexibility index (Phi) is 4.17. The second-order valence-electron chi connectivity index (χ2n) is 4.97. The van der Waals surface area contributed by atoms with Crippen LogP contribution in [0.5, 0.6) is 5.75 Å². The first-order valence-electron chi connectivity index (χ1n) is 6.50. The Hall–Kier alpha value is -1.87. The van der Waals surface area contributed by atoms with Gasteiger partial charge in [-0.15, -0.1) is 0 Å². The molecule has 0 aliphatic rings. The molecular weight excluding hydrogens is 236 g/mol. The molecule has 0 amide bonds. The molecule has 2 aromatic rings. The lowest BCUT2D eigenvalue weighted by Gasteiger charge is -2.15. The number of phenols is 1. The number of pyridine rings is 1. The molecule has 100 valence electrons. The summed E-state index contributed by atoms with van der Waals surface area (Å²) in [6.07, 6.45) is 3.66. The molecule has 1 atom stereocenters. The predicted octanol–water partition coefficient (Wildman–Crippen LogP) is 3.25. The standard InChI is InChI=1S/C16H20N2O/c1-11-7-14(8-12(2)16(11)19)9-18-13(3)15-5-4-6-17-10-15/h4-8,10,13,18-19H,9H2,1-3H3/t13-/m0/s1. The third kappa shape index (κ3) is 3.32. The smallest absolute Gasteiger partial charge is 0.121 e. The molecule has 0 fully saturated rings. The number of nitrogens with one attached hydrogen (secondary N) is 1. The first kappa shape index (κ1) is 13.6. The summed E-state index contributed by atoms with van der Waals surface area (Å²) in [7, 11) is 0. The molecule has 2 N–H and O–H groups in total. The molecule has 1 aromatic heterocycles. The Labute approximate surface area is 114 Å². The number of hydrogen-bond donors (Lipinski definition) is 2. The second kappa shape index (κ2) is 5.85. The SMILES string of the molecule is Cc1cc(CN[C@@H](C)c2cccnc2)cc(C)c1O. The number of aromatic hydroxyl groups is 1. The Morgan fingerprint density at radius 2 is 1.95 bits per heavy atom. The van der Waals surface area contributed by atoms with Crippen molar-refractivity contribution in [1.29, 1.82) is 0 Å². The highest BCUT2D eigenvalue weighted by Gasteiger charge is 2.07. The highest BCUT2D eigenvalue weighted by atomic mass is 16.3. The fourth-order valence-electron chi connectivity index (χ4n) is 2.17. The molecule has 0 aliphatic heterocycles. The van der Waals surface area contributed by atoms with Gasteiger partial charge in [0.05, 0.1) is 0 Å². The third-order valence-corrected chi connectivity index (χ3v) is 3.35. The maximum Gasteiger partial charge on any atom is 0.121 e. The molecule has 1 heterocycles. The van der Waals surface area contributed by atoms with Gasteiger partial charge in [0.1, 0.15) is 5.75 Å². The van der Waals surface area contributed by atoms with Gasteiger partial charge in [0.15, 0.2) is 0 Å². The Morgan fingerprint density at radius 3 is 2.53 bits per heavy atom. The Balaban J connectivity index is 2.03. The largest absolute Gasteiger partial charge is 0.507 e. The van der Waals surface area contributed by atoms with E-state index in [1.807, 2.05) is 38.2 Å². The number of phenolic OH excluding ortho intramolecular Hbond substituents is 1.